The second-order valence-corrected chi connectivity index (χ2v) is 0.353. The van der Waals surface area contributed by atoms with Crippen LogP contribution in [0.25, 0.3) is 11.2 Å². The van der Waals surface area contributed by atoms with Crippen molar-refractivity contribution in [2.75, 3.05) is 14.1 Å². The first kappa shape index (κ1) is 23.7. The van der Waals surface area contributed by atoms with Gasteiger partial charge in [-0.3, -0.25) is 5.84 Å². The van der Waals surface area contributed by atoms with Gasteiger partial charge in [-0.1, -0.05) is 0 Å². The maximum Gasteiger partial charge on any atom is 0 e. The molecule has 0 unspecified atom stereocenters. The summed E-state index contributed by atoms with van der Waals surface area (Å²) < 4.78 is 0. The van der Waals surface area contributed by atoms with Crippen molar-refractivity contribution < 1.29 is 25.6 Å². The Morgan fingerprint density at radius 2 is 1.62 bits per heavy atom. The Hall–Kier alpha value is 0.449. The summed E-state index contributed by atoms with van der Waals surface area (Å²) in [4.78, 5) is 0. The normalized spacial score (nSPS) is 4.50. The van der Waals surface area contributed by atoms with E-state index in [4.69, 9.17) is 5.73 Å². The van der Waals surface area contributed by atoms with Gasteiger partial charge in [0.2, 0.25) is 0 Å². The van der Waals surface area contributed by atoms with Crippen molar-refractivity contribution in [1.82, 2.24) is 5.53 Å². The van der Waals surface area contributed by atoms with Gasteiger partial charge in [-0.15, -0.1) is 0 Å². The van der Waals surface area contributed by atoms with Gasteiger partial charge in [-0.2, -0.15) is 14.1 Å². The van der Waals surface area contributed by atoms with Gasteiger partial charge in [0.1, 0.15) is 0 Å². The largest absolute Gasteiger partial charge is 0.680 e. The Morgan fingerprint density at radius 1 is 1.50 bits per heavy atom. The molecule has 0 aromatic carbocycles. The third-order valence-electron chi connectivity index (χ3n) is 0.129. The first-order valence-corrected chi connectivity index (χ1v) is 1.46. The van der Waals surface area contributed by atoms with Crippen LogP contribution in [0.5, 0.6) is 0 Å². The van der Waals surface area contributed by atoms with E-state index in [0.29, 0.717) is 0 Å². The predicted molar refractivity (Wildman–Crippen MR) is 30.5 cm³/mol. The second kappa shape index (κ2) is 51.6. The van der Waals surface area contributed by atoms with Gasteiger partial charge in [-0.25, -0.2) is 0 Å². The van der Waals surface area contributed by atoms with Crippen molar-refractivity contribution in [3.63, 3.8) is 0 Å². The summed E-state index contributed by atoms with van der Waals surface area (Å²) >= 11 is 0. The first-order chi connectivity index (χ1) is 2.91. The molecule has 6 N–H and O–H groups in total. The molecule has 0 saturated heterocycles. The van der Waals surface area contributed by atoms with Crippen LogP contribution in [0.4, 0.5) is 0 Å². The topological polar surface area (TPSA) is 107 Å². The number of hydrogen-bond donors (Lipinski definition) is 2. The van der Waals surface area contributed by atoms with Crippen LogP contribution in [0, 0.1) is 0 Å². The molecule has 0 rings (SSSR count). The zero-order valence-corrected chi connectivity index (χ0v) is 6.76. The van der Waals surface area contributed by atoms with Crippen LogP contribution in [0.1, 0.15) is 0 Å². The van der Waals surface area contributed by atoms with Gasteiger partial charge in [0.25, 0.3) is 0 Å². The molecule has 0 bridgehead atoms. The molecular formula is C2H12N4OTc-2. The number of nitrogens with one attached hydrogen (secondary N) is 2. The van der Waals surface area contributed by atoms with Crippen LogP contribution in [-0.4, -0.2) is 19.6 Å². The summed E-state index contributed by atoms with van der Waals surface area (Å²) in [6.45, 7) is 0. The number of nitrogens with two attached hydrogens (primary N) is 1. The molecule has 0 heterocycles. The van der Waals surface area contributed by atoms with Crippen LogP contribution in [0.3, 0.4) is 0 Å². The van der Waals surface area contributed by atoms with Crippen LogP contribution >= 0.6 is 0 Å². The van der Waals surface area contributed by atoms with Crippen molar-refractivity contribution >= 4 is 0 Å². The molecule has 0 aliphatic carbocycles. The first-order valence-electron chi connectivity index (χ1n) is 1.46. The van der Waals surface area contributed by atoms with E-state index in [2.05, 4.69) is 16.8 Å². The van der Waals surface area contributed by atoms with Gasteiger partial charge in [-0.05, 0) is 0 Å². The summed E-state index contributed by atoms with van der Waals surface area (Å²) in [5.41, 5.74) is 11.1. The average Bonchev–Trinajstić information content (AvgIpc) is 1.72. The Morgan fingerprint density at radius 3 is 1.62 bits per heavy atom. The van der Waals surface area contributed by atoms with Crippen molar-refractivity contribution in [1.29, 1.82) is 0 Å². The molecule has 0 fully saturated rings. The van der Waals surface area contributed by atoms with Gasteiger partial charge in [0.15, 0.2) is 0 Å². The van der Waals surface area contributed by atoms with Crippen LogP contribution in [0.15, 0.2) is 0 Å². The Kier molecular flexibility index (Phi) is 153. The standard InChI is InChI=1S/CH6N3.CH4N.H2O.Tc/c1-3-4-2;1-2;;/h4H,2H2,1H3;2H,1H3;1H2;/q2*-1;;. The number of nitrogens with zero attached hydrogens (tertiary/aromatic N) is 1. The van der Waals surface area contributed by atoms with Crippen molar-refractivity contribution in [3.05, 3.63) is 11.2 Å². The van der Waals surface area contributed by atoms with E-state index in [9.17, 15) is 0 Å². The van der Waals surface area contributed by atoms with Gasteiger partial charge < -0.3 is 22.2 Å². The third kappa shape index (κ3) is 91.2. The third-order valence-corrected chi connectivity index (χ3v) is 0.129. The van der Waals surface area contributed by atoms with E-state index >= 15 is 0 Å². The summed E-state index contributed by atoms with van der Waals surface area (Å²) in [5, 5.41) is 0. The summed E-state index contributed by atoms with van der Waals surface area (Å²) in [7, 11) is 2.82. The molecule has 0 atom stereocenters. The number of rotatable bonds is 1. The van der Waals surface area contributed by atoms with E-state index in [-0.39, 0.29) is 25.6 Å². The van der Waals surface area contributed by atoms with Gasteiger partial charge >= 0.3 is 0 Å². The molecule has 0 amide bonds. The predicted octanol–water partition coefficient (Wildman–Crippen LogP) is -0.791. The van der Waals surface area contributed by atoms with E-state index in [1.807, 2.05) is 0 Å². The fraction of sp³-hybridized carbons (Fsp3) is 1.00. The fourth-order valence-corrected chi connectivity index (χ4v) is 0. The maximum atomic E-state index is 5.75. The Labute approximate surface area is 62.8 Å². The minimum atomic E-state index is 0. The zero-order valence-electron chi connectivity index (χ0n) is 4.90. The summed E-state index contributed by atoms with van der Waals surface area (Å²) in [6.07, 6.45) is 0. The average molecular weight is 206 g/mol. The van der Waals surface area contributed by atoms with Gasteiger partial charge in [0, 0.05) is 20.1 Å². The monoisotopic (exact) mass is 205 g/mol. The molecule has 6 heteroatoms. The molecule has 0 aromatic rings. The number of hydrogen-bond acceptors (Lipinski definition) is 2. The summed E-state index contributed by atoms with van der Waals surface area (Å²) in [6, 6.07) is 0. The molecule has 0 saturated carbocycles. The Bertz CT molecular complexity index is 16.0. The minimum absolute atomic E-state index is 0. The maximum absolute atomic E-state index is 5.75. The van der Waals surface area contributed by atoms with Crippen LogP contribution in [0.2, 0.25) is 0 Å². The fourth-order valence-electron chi connectivity index (χ4n) is 0. The Balaban J connectivity index is -0.0000000183. The van der Waals surface area contributed by atoms with E-state index in [1.165, 1.54) is 7.05 Å². The van der Waals surface area contributed by atoms with E-state index < -0.39 is 0 Å². The van der Waals surface area contributed by atoms with Crippen LogP contribution < -0.4 is 11.4 Å². The van der Waals surface area contributed by atoms with E-state index in [1.54, 1.807) is 7.05 Å². The SMILES string of the molecule is C[N-]NN.C[NH-].O.[Tc]. The zero-order chi connectivity index (χ0) is 5.41. The molecule has 0 aromatic heterocycles. The quantitative estimate of drug-likeness (QED) is 0.433. The molecule has 55 valence electrons. The molecule has 0 aliphatic heterocycles. The molecule has 1 radical (unpaired) electrons. The van der Waals surface area contributed by atoms with Gasteiger partial charge in [0.05, 0.1) is 0 Å². The van der Waals surface area contributed by atoms with Crippen molar-refractivity contribution in [2.24, 2.45) is 5.84 Å². The molecule has 5 nitrogen and oxygen atoms in total. The van der Waals surface area contributed by atoms with Crippen molar-refractivity contribution in [3.8, 4) is 0 Å². The molecule has 0 spiro atoms. The van der Waals surface area contributed by atoms with E-state index in [0.717, 1.165) is 0 Å². The molecule has 8 heavy (non-hydrogen) atoms. The second-order valence-electron chi connectivity index (χ2n) is 0.353. The number of hydrazine groups is 1. The smallest absolute Gasteiger partial charge is 0 e. The minimum Gasteiger partial charge on any atom is -0.680 e. The van der Waals surface area contributed by atoms with Crippen molar-refractivity contribution in [2.45, 2.75) is 0 Å². The van der Waals surface area contributed by atoms with Crippen LogP contribution in [-0.2, 0) is 20.1 Å². The molecule has 0 aliphatic rings. The molecular weight excluding hydrogens is 194 g/mol. The summed E-state index contributed by atoms with van der Waals surface area (Å²) in [5.74, 6) is 4.61.